The van der Waals surface area contributed by atoms with E-state index in [0.29, 0.717) is 11.3 Å². The number of aliphatic hydroxyl groups is 1. The fourth-order valence-electron chi connectivity index (χ4n) is 3.47. The number of hydrogen-bond donors (Lipinski definition) is 1. The molecular formula is C23H17F2NO4. The van der Waals surface area contributed by atoms with Crippen LogP contribution >= 0.6 is 0 Å². The highest BCUT2D eigenvalue weighted by atomic mass is 19.2. The van der Waals surface area contributed by atoms with Crippen LogP contribution in [0.25, 0.3) is 5.76 Å². The Morgan fingerprint density at radius 3 is 2.27 bits per heavy atom. The molecule has 1 aliphatic rings. The number of ketones is 1. The molecule has 2 heterocycles. The lowest BCUT2D eigenvalue weighted by atomic mass is 9.98. The summed E-state index contributed by atoms with van der Waals surface area (Å²) in [5.74, 6) is -3.81. The van der Waals surface area contributed by atoms with Crippen LogP contribution in [0.2, 0.25) is 0 Å². The summed E-state index contributed by atoms with van der Waals surface area (Å²) in [7, 11) is 0. The normalized spacial score (nSPS) is 18.3. The van der Waals surface area contributed by atoms with Crippen molar-refractivity contribution in [1.82, 2.24) is 0 Å². The molecule has 1 atom stereocenters. The van der Waals surface area contributed by atoms with Gasteiger partial charge in [0, 0.05) is 17.3 Å². The third kappa shape index (κ3) is 3.18. The number of furan rings is 1. The van der Waals surface area contributed by atoms with Gasteiger partial charge in [0.25, 0.3) is 11.7 Å². The number of Topliss-reactive ketones (excluding diaryl/α,β-unsaturated/α-hetero) is 1. The Labute approximate surface area is 170 Å². The molecule has 1 saturated heterocycles. The Balaban J connectivity index is 1.94. The summed E-state index contributed by atoms with van der Waals surface area (Å²) in [6.45, 7) is 3.56. The van der Waals surface area contributed by atoms with Crippen LogP contribution in [0, 0.1) is 25.5 Å². The minimum atomic E-state index is -1.16. The Morgan fingerprint density at radius 2 is 1.67 bits per heavy atom. The monoisotopic (exact) mass is 409 g/mol. The van der Waals surface area contributed by atoms with Gasteiger partial charge in [0.1, 0.15) is 23.3 Å². The standard InChI is InChI=1S/C23H17F2NO4/c1-12-3-6-14(7-4-12)21(27)19-20(18-10-5-13(2)30-18)26(23(29)22(19)28)15-8-9-16(24)17(25)11-15/h3-11,20,27H,1-2H3/b21-19-. The molecule has 1 aliphatic heterocycles. The van der Waals surface area contributed by atoms with E-state index in [1.165, 1.54) is 6.07 Å². The van der Waals surface area contributed by atoms with Gasteiger partial charge in [-0.2, -0.15) is 0 Å². The first kappa shape index (κ1) is 19.6. The van der Waals surface area contributed by atoms with Crippen molar-refractivity contribution >= 4 is 23.1 Å². The number of halogens is 2. The van der Waals surface area contributed by atoms with Gasteiger partial charge in [0.2, 0.25) is 0 Å². The second-order valence-corrected chi connectivity index (χ2v) is 7.08. The molecule has 4 rings (SSSR count). The lowest BCUT2D eigenvalue weighted by Crippen LogP contribution is -2.29. The molecular weight excluding hydrogens is 392 g/mol. The van der Waals surface area contributed by atoms with Crippen LogP contribution in [0.4, 0.5) is 14.5 Å². The Morgan fingerprint density at radius 1 is 0.967 bits per heavy atom. The van der Waals surface area contributed by atoms with E-state index >= 15 is 0 Å². The summed E-state index contributed by atoms with van der Waals surface area (Å²) < 4.78 is 32.9. The van der Waals surface area contributed by atoms with Gasteiger partial charge in [-0.3, -0.25) is 14.5 Å². The van der Waals surface area contributed by atoms with Gasteiger partial charge < -0.3 is 9.52 Å². The summed E-state index contributed by atoms with van der Waals surface area (Å²) in [6.07, 6.45) is 0. The van der Waals surface area contributed by atoms with Crippen LogP contribution in [-0.4, -0.2) is 16.8 Å². The topological polar surface area (TPSA) is 70.8 Å². The van der Waals surface area contributed by atoms with E-state index in [1.807, 2.05) is 6.92 Å². The van der Waals surface area contributed by atoms with Crippen LogP contribution in [0.5, 0.6) is 0 Å². The summed E-state index contributed by atoms with van der Waals surface area (Å²) in [5.41, 5.74) is 1.07. The van der Waals surface area contributed by atoms with Gasteiger partial charge >= 0.3 is 0 Å². The van der Waals surface area contributed by atoms with Gasteiger partial charge in [0.05, 0.1) is 5.57 Å². The van der Waals surface area contributed by atoms with Crippen LogP contribution in [-0.2, 0) is 9.59 Å². The first-order valence-corrected chi connectivity index (χ1v) is 9.17. The molecule has 1 fully saturated rings. The van der Waals surface area contributed by atoms with Crippen molar-refractivity contribution in [2.75, 3.05) is 4.90 Å². The van der Waals surface area contributed by atoms with E-state index in [-0.39, 0.29) is 22.8 Å². The molecule has 5 nitrogen and oxygen atoms in total. The van der Waals surface area contributed by atoms with Crippen molar-refractivity contribution in [3.63, 3.8) is 0 Å². The second kappa shape index (κ2) is 7.26. The number of carbonyl (C=O) groups excluding carboxylic acids is 2. The molecule has 0 aliphatic carbocycles. The predicted molar refractivity (Wildman–Crippen MR) is 106 cm³/mol. The van der Waals surface area contributed by atoms with Gasteiger partial charge in [-0.15, -0.1) is 0 Å². The number of benzene rings is 2. The number of aliphatic hydroxyl groups excluding tert-OH is 1. The largest absolute Gasteiger partial charge is 0.507 e. The highest BCUT2D eigenvalue weighted by Gasteiger charge is 2.48. The summed E-state index contributed by atoms with van der Waals surface area (Å²) in [4.78, 5) is 26.8. The zero-order valence-electron chi connectivity index (χ0n) is 16.1. The number of carbonyl (C=O) groups is 2. The minimum absolute atomic E-state index is 0.0296. The molecule has 3 aromatic rings. The van der Waals surface area contributed by atoms with Gasteiger partial charge in [-0.1, -0.05) is 29.8 Å². The highest BCUT2D eigenvalue weighted by Crippen LogP contribution is 2.42. The second-order valence-electron chi connectivity index (χ2n) is 7.08. The maximum atomic E-state index is 13.9. The summed E-state index contributed by atoms with van der Waals surface area (Å²) >= 11 is 0. The number of aryl methyl sites for hydroxylation is 2. The van der Waals surface area contributed by atoms with Crippen molar-refractivity contribution in [1.29, 1.82) is 0 Å². The van der Waals surface area contributed by atoms with E-state index in [2.05, 4.69) is 0 Å². The fraction of sp³-hybridized carbons (Fsp3) is 0.130. The molecule has 0 bridgehead atoms. The minimum Gasteiger partial charge on any atom is -0.507 e. The van der Waals surface area contributed by atoms with Crippen LogP contribution in [0.3, 0.4) is 0 Å². The van der Waals surface area contributed by atoms with Crippen molar-refractivity contribution in [2.24, 2.45) is 0 Å². The Hall–Kier alpha value is -3.74. The van der Waals surface area contributed by atoms with Gasteiger partial charge in [-0.05, 0) is 38.1 Å². The van der Waals surface area contributed by atoms with Crippen molar-refractivity contribution in [2.45, 2.75) is 19.9 Å². The summed E-state index contributed by atoms with van der Waals surface area (Å²) in [5, 5.41) is 10.9. The van der Waals surface area contributed by atoms with Crippen molar-refractivity contribution in [3.05, 3.63) is 94.5 Å². The molecule has 2 aromatic carbocycles. The van der Waals surface area contributed by atoms with Crippen molar-refractivity contribution in [3.8, 4) is 0 Å². The van der Waals surface area contributed by atoms with Crippen LogP contribution in [0.1, 0.15) is 28.7 Å². The molecule has 0 spiro atoms. The van der Waals surface area contributed by atoms with E-state index in [0.717, 1.165) is 22.6 Å². The molecule has 0 radical (unpaired) electrons. The SMILES string of the molecule is Cc1ccc(/C(O)=C2/C(=O)C(=O)N(c3ccc(F)c(F)c3)C2c2ccc(C)o2)cc1. The maximum absolute atomic E-state index is 13.9. The number of nitrogens with zero attached hydrogens (tertiary/aromatic N) is 1. The molecule has 30 heavy (non-hydrogen) atoms. The number of hydrogen-bond acceptors (Lipinski definition) is 4. The average Bonchev–Trinajstić information content (AvgIpc) is 3.25. The fourth-order valence-corrected chi connectivity index (χ4v) is 3.47. The molecule has 1 N–H and O–H groups in total. The van der Waals surface area contributed by atoms with E-state index < -0.39 is 29.4 Å². The number of anilines is 1. The smallest absolute Gasteiger partial charge is 0.300 e. The summed E-state index contributed by atoms with van der Waals surface area (Å²) in [6, 6.07) is 11.7. The quantitative estimate of drug-likeness (QED) is 0.383. The predicted octanol–water partition coefficient (Wildman–Crippen LogP) is 4.80. The average molecular weight is 409 g/mol. The zero-order valence-corrected chi connectivity index (χ0v) is 16.1. The third-order valence-electron chi connectivity index (χ3n) is 4.98. The van der Waals surface area contributed by atoms with Gasteiger partial charge in [-0.25, -0.2) is 8.78 Å². The Bertz CT molecular complexity index is 1190. The number of amides is 1. The van der Waals surface area contributed by atoms with Crippen LogP contribution in [0.15, 0.2) is 64.6 Å². The molecule has 152 valence electrons. The highest BCUT2D eigenvalue weighted by molar-refractivity contribution is 6.51. The molecule has 7 heteroatoms. The number of rotatable bonds is 3. The lowest BCUT2D eigenvalue weighted by Gasteiger charge is -2.23. The van der Waals surface area contributed by atoms with E-state index in [4.69, 9.17) is 4.42 Å². The molecule has 1 amide bonds. The van der Waals surface area contributed by atoms with E-state index in [1.54, 1.807) is 43.3 Å². The first-order chi connectivity index (χ1) is 14.3. The third-order valence-corrected chi connectivity index (χ3v) is 4.98. The molecule has 0 saturated carbocycles. The van der Waals surface area contributed by atoms with Gasteiger partial charge in [0.15, 0.2) is 11.6 Å². The molecule has 1 aromatic heterocycles. The van der Waals surface area contributed by atoms with E-state index in [9.17, 15) is 23.5 Å². The first-order valence-electron chi connectivity index (χ1n) is 9.17. The van der Waals surface area contributed by atoms with Crippen molar-refractivity contribution < 1.29 is 27.9 Å². The maximum Gasteiger partial charge on any atom is 0.300 e. The Kier molecular flexibility index (Phi) is 4.73. The zero-order chi connectivity index (χ0) is 21.6. The van der Waals surface area contributed by atoms with Crippen LogP contribution < -0.4 is 4.90 Å². The lowest BCUT2D eigenvalue weighted by molar-refractivity contribution is -0.132. The molecule has 1 unspecified atom stereocenters.